The van der Waals surface area contributed by atoms with Crippen LogP contribution in [0.3, 0.4) is 0 Å². The van der Waals surface area contributed by atoms with Gasteiger partial charge in [-0.2, -0.15) is 0 Å². The molecule has 1 amide bonds. The minimum atomic E-state index is 0.0528. The number of nitrogens with two attached hydrogens (primary N) is 1. The second-order valence-electron chi connectivity index (χ2n) is 5.03. The van der Waals surface area contributed by atoms with Crippen molar-refractivity contribution in [3.05, 3.63) is 0 Å². The van der Waals surface area contributed by atoms with Gasteiger partial charge in [-0.3, -0.25) is 4.79 Å². The molecule has 0 aromatic rings. The summed E-state index contributed by atoms with van der Waals surface area (Å²) < 4.78 is 5.17. The van der Waals surface area contributed by atoms with Gasteiger partial charge in [0.15, 0.2) is 0 Å². The minimum absolute atomic E-state index is 0.0528. The summed E-state index contributed by atoms with van der Waals surface area (Å²) in [6.07, 6.45) is 4.14. The van der Waals surface area contributed by atoms with Gasteiger partial charge < -0.3 is 20.7 Å². The molecule has 106 valence electrons. The number of nitrogens with one attached hydrogen (secondary N) is 1. The Kier molecular flexibility index (Phi) is 7.23. The van der Waals surface area contributed by atoms with E-state index in [0.717, 1.165) is 32.5 Å². The Labute approximate surface area is 110 Å². The van der Waals surface area contributed by atoms with E-state index < -0.39 is 0 Å². The summed E-state index contributed by atoms with van der Waals surface area (Å²) in [6, 6.07) is 0.0528. The third kappa shape index (κ3) is 5.33. The first-order valence-corrected chi connectivity index (χ1v) is 6.91. The molecule has 1 fully saturated rings. The van der Waals surface area contributed by atoms with Crippen molar-refractivity contribution >= 4 is 5.91 Å². The van der Waals surface area contributed by atoms with Crippen molar-refractivity contribution in [3.8, 4) is 0 Å². The number of hydrogen-bond donors (Lipinski definition) is 2. The standard InChI is InChI=1S/C13H27N3O2/c1-11(18-2)10-15-12(9-14)8-13(17)16-6-4-3-5-7-16/h11-12,15H,3-10,14H2,1-2H3. The average molecular weight is 257 g/mol. The smallest absolute Gasteiger partial charge is 0.224 e. The highest BCUT2D eigenvalue weighted by Crippen LogP contribution is 2.10. The lowest BCUT2D eigenvalue weighted by molar-refractivity contribution is -0.132. The van der Waals surface area contributed by atoms with Gasteiger partial charge in [0.05, 0.1) is 6.10 Å². The van der Waals surface area contributed by atoms with Crippen LogP contribution in [0, 0.1) is 0 Å². The molecule has 1 aliphatic rings. The molecule has 0 spiro atoms. The van der Waals surface area contributed by atoms with Gasteiger partial charge in [-0.25, -0.2) is 0 Å². The van der Waals surface area contributed by atoms with Crippen LogP contribution in [-0.4, -0.2) is 56.2 Å². The fourth-order valence-electron chi connectivity index (χ4n) is 2.14. The van der Waals surface area contributed by atoms with Crippen LogP contribution >= 0.6 is 0 Å². The molecule has 0 aliphatic carbocycles. The molecule has 0 aromatic heterocycles. The molecule has 0 radical (unpaired) electrons. The lowest BCUT2D eigenvalue weighted by atomic mass is 10.1. The molecule has 1 heterocycles. The van der Waals surface area contributed by atoms with Crippen LogP contribution in [-0.2, 0) is 9.53 Å². The van der Waals surface area contributed by atoms with Gasteiger partial charge in [-0.05, 0) is 26.2 Å². The van der Waals surface area contributed by atoms with Gasteiger partial charge in [0, 0.05) is 45.8 Å². The van der Waals surface area contributed by atoms with Gasteiger partial charge in [0.25, 0.3) is 0 Å². The van der Waals surface area contributed by atoms with Crippen molar-refractivity contribution in [1.82, 2.24) is 10.2 Å². The van der Waals surface area contributed by atoms with Crippen LogP contribution in [0.2, 0.25) is 0 Å². The zero-order valence-electron chi connectivity index (χ0n) is 11.7. The highest BCUT2D eigenvalue weighted by Gasteiger charge is 2.20. The fraction of sp³-hybridized carbons (Fsp3) is 0.923. The van der Waals surface area contributed by atoms with E-state index >= 15 is 0 Å². The van der Waals surface area contributed by atoms with Crippen LogP contribution in [0.4, 0.5) is 0 Å². The van der Waals surface area contributed by atoms with Gasteiger partial charge in [-0.15, -0.1) is 0 Å². The molecule has 1 rings (SSSR count). The van der Waals surface area contributed by atoms with Crippen molar-refractivity contribution in [2.75, 3.05) is 33.3 Å². The highest BCUT2D eigenvalue weighted by molar-refractivity contribution is 5.76. The molecule has 1 saturated heterocycles. The Balaban J connectivity index is 2.30. The Bertz CT molecular complexity index is 242. The molecular formula is C13H27N3O2. The van der Waals surface area contributed by atoms with E-state index in [0.29, 0.717) is 13.0 Å². The van der Waals surface area contributed by atoms with E-state index in [1.807, 2.05) is 11.8 Å². The monoisotopic (exact) mass is 257 g/mol. The largest absolute Gasteiger partial charge is 0.380 e. The first kappa shape index (κ1) is 15.4. The third-order valence-corrected chi connectivity index (χ3v) is 3.51. The number of hydrogen-bond acceptors (Lipinski definition) is 4. The number of nitrogens with zero attached hydrogens (tertiary/aromatic N) is 1. The molecule has 0 bridgehead atoms. The number of rotatable bonds is 7. The summed E-state index contributed by atoms with van der Waals surface area (Å²) in [4.78, 5) is 14.0. The molecule has 3 N–H and O–H groups in total. The van der Waals surface area contributed by atoms with Crippen LogP contribution in [0.5, 0.6) is 0 Å². The number of methoxy groups -OCH3 is 1. The maximum absolute atomic E-state index is 12.1. The van der Waals surface area contributed by atoms with Gasteiger partial charge >= 0.3 is 0 Å². The molecule has 5 heteroatoms. The fourth-order valence-corrected chi connectivity index (χ4v) is 2.14. The first-order chi connectivity index (χ1) is 8.67. The second kappa shape index (κ2) is 8.45. The number of carbonyl (C=O) groups is 1. The summed E-state index contributed by atoms with van der Waals surface area (Å²) in [7, 11) is 1.68. The normalized spacial score (nSPS) is 19.6. The van der Waals surface area contributed by atoms with Crippen LogP contribution < -0.4 is 11.1 Å². The van der Waals surface area contributed by atoms with Crippen molar-refractivity contribution in [1.29, 1.82) is 0 Å². The lowest BCUT2D eigenvalue weighted by Gasteiger charge is -2.28. The number of likely N-dealkylation sites (tertiary alicyclic amines) is 1. The van der Waals surface area contributed by atoms with E-state index in [1.54, 1.807) is 7.11 Å². The summed E-state index contributed by atoms with van der Waals surface area (Å²) >= 11 is 0. The average Bonchev–Trinajstić information content (AvgIpc) is 2.43. The zero-order chi connectivity index (χ0) is 13.4. The maximum Gasteiger partial charge on any atom is 0.224 e. The highest BCUT2D eigenvalue weighted by atomic mass is 16.5. The Hall–Kier alpha value is -0.650. The summed E-state index contributed by atoms with van der Waals surface area (Å²) in [5.74, 6) is 0.225. The van der Waals surface area contributed by atoms with E-state index in [1.165, 1.54) is 6.42 Å². The van der Waals surface area contributed by atoms with Crippen molar-refractivity contribution < 1.29 is 9.53 Å². The first-order valence-electron chi connectivity index (χ1n) is 6.91. The summed E-state index contributed by atoms with van der Waals surface area (Å²) in [5.41, 5.74) is 5.70. The topological polar surface area (TPSA) is 67.6 Å². The number of amides is 1. The van der Waals surface area contributed by atoms with Crippen LogP contribution in [0.15, 0.2) is 0 Å². The van der Waals surface area contributed by atoms with Gasteiger partial charge in [-0.1, -0.05) is 0 Å². The van der Waals surface area contributed by atoms with E-state index in [9.17, 15) is 4.79 Å². The SMILES string of the molecule is COC(C)CNC(CN)CC(=O)N1CCCCC1. The molecular weight excluding hydrogens is 230 g/mol. The third-order valence-electron chi connectivity index (χ3n) is 3.51. The van der Waals surface area contributed by atoms with E-state index in [-0.39, 0.29) is 18.1 Å². The minimum Gasteiger partial charge on any atom is -0.380 e. The van der Waals surface area contributed by atoms with E-state index in [2.05, 4.69) is 5.32 Å². The van der Waals surface area contributed by atoms with Gasteiger partial charge in [0.1, 0.15) is 0 Å². The Morgan fingerprint density at radius 1 is 1.39 bits per heavy atom. The quantitative estimate of drug-likeness (QED) is 0.690. The molecule has 2 atom stereocenters. The van der Waals surface area contributed by atoms with Gasteiger partial charge in [0.2, 0.25) is 5.91 Å². The van der Waals surface area contributed by atoms with Crippen LogP contribution in [0.25, 0.3) is 0 Å². The Morgan fingerprint density at radius 3 is 2.61 bits per heavy atom. The predicted molar refractivity (Wildman–Crippen MR) is 72.4 cm³/mol. The predicted octanol–water partition coefficient (Wildman–Crippen LogP) is 0.341. The van der Waals surface area contributed by atoms with Crippen molar-refractivity contribution in [2.24, 2.45) is 5.73 Å². The van der Waals surface area contributed by atoms with Crippen LogP contribution in [0.1, 0.15) is 32.6 Å². The summed E-state index contributed by atoms with van der Waals surface area (Å²) in [5, 5.41) is 3.29. The second-order valence-corrected chi connectivity index (χ2v) is 5.03. The number of piperidine rings is 1. The molecule has 18 heavy (non-hydrogen) atoms. The van der Waals surface area contributed by atoms with Crippen molar-refractivity contribution in [2.45, 2.75) is 44.8 Å². The van der Waals surface area contributed by atoms with Crippen molar-refractivity contribution in [3.63, 3.8) is 0 Å². The molecule has 0 saturated carbocycles. The molecule has 0 aromatic carbocycles. The summed E-state index contributed by atoms with van der Waals surface area (Å²) in [6.45, 7) is 5.02. The molecule has 2 unspecified atom stereocenters. The maximum atomic E-state index is 12.1. The molecule has 1 aliphatic heterocycles. The number of carbonyl (C=O) groups excluding carboxylic acids is 1. The lowest BCUT2D eigenvalue weighted by Crippen LogP contribution is -2.45. The number of ether oxygens (including phenoxy) is 1. The Morgan fingerprint density at radius 2 is 2.06 bits per heavy atom. The molecule has 5 nitrogen and oxygen atoms in total. The zero-order valence-corrected chi connectivity index (χ0v) is 11.7. The van der Waals surface area contributed by atoms with E-state index in [4.69, 9.17) is 10.5 Å².